The highest BCUT2D eigenvalue weighted by molar-refractivity contribution is 5.99. The summed E-state index contributed by atoms with van der Waals surface area (Å²) in [6.45, 7) is 16.2. The van der Waals surface area contributed by atoms with Gasteiger partial charge in [-0.3, -0.25) is 9.59 Å². The first-order chi connectivity index (χ1) is 9.26. The molecule has 1 unspecified atom stereocenters. The molecule has 1 heterocycles. The van der Waals surface area contributed by atoms with Crippen LogP contribution in [0.25, 0.3) is 0 Å². The molecule has 0 aliphatic carbocycles. The third-order valence-electron chi connectivity index (χ3n) is 3.48. The largest absolute Gasteiger partial charge is 0.374 e. The van der Waals surface area contributed by atoms with Crippen molar-refractivity contribution in [2.24, 2.45) is 5.41 Å². The van der Waals surface area contributed by atoms with E-state index in [0.29, 0.717) is 13.2 Å². The van der Waals surface area contributed by atoms with Gasteiger partial charge in [-0.15, -0.1) is 0 Å². The van der Waals surface area contributed by atoms with E-state index in [0.717, 1.165) is 0 Å². The second-order valence-corrected chi connectivity index (χ2v) is 8.34. The summed E-state index contributed by atoms with van der Waals surface area (Å²) in [6.07, 6.45) is 0. The van der Waals surface area contributed by atoms with Gasteiger partial charge in [0.2, 0.25) is 11.8 Å². The van der Waals surface area contributed by atoms with E-state index in [-0.39, 0.29) is 22.8 Å². The summed E-state index contributed by atoms with van der Waals surface area (Å²) in [5.74, 6) is -0.151. The van der Waals surface area contributed by atoms with Gasteiger partial charge in [0.15, 0.2) is 0 Å². The highest BCUT2D eigenvalue weighted by Crippen LogP contribution is 2.30. The van der Waals surface area contributed by atoms with Crippen LogP contribution >= 0.6 is 0 Å². The van der Waals surface area contributed by atoms with Crippen molar-refractivity contribution in [3.8, 4) is 0 Å². The van der Waals surface area contributed by atoms with Crippen LogP contribution in [0.5, 0.6) is 0 Å². The molecule has 5 heteroatoms. The molecule has 1 saturated heterocycles. The smallest absolute Gasteiger partial charge is 0.248 e. The van der Waals surface area contributed by atoms with Crippen molar-refractivity contribution in [1.29, 1.82) is 0 Å². The minimum atomic E-state index is -0.861. The lowest BCUT2D eigenvalue weighted by atomic mass is 9.81. The maximum Gasteiger partial charge on any atom is 0.248 e. The van der Waals surface area contributed by atoms with Crippen molar-refractivity contribution in [3.63, 3.8) is 0 Å². The second-order valence-electron chi connectivity index (χ2n) is 8.34. The molecule has 21 heavy (non-hydrogen) atoms. The SMILES string of the molecule is CC(C)(C)OCCN1C(=O)C(C)(C)NC(=O)C1C(C)(C)C. The monoisotopic (exact) mass is 298 g/mol. The Labute approximate surface area is 128 Å². The topological polar surface area (TPSA) is 58.6 Å². The molecule has 1 fully saturated rings. The quantitative estimate of drug-likeness (QED) is 0.866. The Morgan fingerprint density at radius 2 is 1.67 bits per heavy atom. The fourth-order valence-electron chi connectivity index (χ4n) is 2.59. The van der Waals surface area contributed by atoms with Crippen molar-refractivity contribution in [2.75, 3.05) is 13.2 Å². The summed E-state index contributed by atoms with van der Waals surface area (Å²) in [5, 5.41) is 2.83. The van der Waals surface area contributed by atoms with Crippen LogP contribution in [0, 0.1) is 5.41 Å². The molecule has 1 aliphatic heterocycles. The van der Waals surface area contributed by atoms with Gasteiger partial charge in [0.25, 0.3) is 0 Å². The predicted octanol–water partition coefficient (Wildman–Crippen LogP) is 1.95. The summed E-state index contributed by atoms with van der Waals surface area (Å²) < 4.78 is 5.72. The summed E-state index contributed by atoms with van der Waals surface area (Å²) in [5.41, 5.74) is -1.44. The van der Waals surface area contributed by atoms with Gasteiger partial charge < -0.3 is 15.0 Å². The zero-order valence-corrected chi connectivity index (χ0v) is 14.7. The van der Waals surface area contributed by atoms with Crippen LogP contribution in [0.2, 0.25) is 0 Å². The van der Waals surface area contributed by atoms with E-state index in [4.69, 9.17) is 4.74 Å². The molecule has 0 radical (unpaired) electrons. The summed E-state index contributed by atoms with van der Waals surface area (Å²) in [7, 11) is 0. The van der Waals surface area contributed by atoms with Gasteiger partial charge in [0, 0.05) is 6.54 Å². The van der Waals surface area contributed by atoms with Gasteiger partial charge in [-0.2, -0.15) is 0 Å². The van der Waals surface area contributed by atoms with Crippen LogP contribution in [-0.4, -0.2) is 47.0 Å². The standard InChI is InChI=1S/C16H30N2O3/c1-14(2,3)11-12(19)17-16(7,8)13(20)18(11)9-10-21-15(4,5)6/h11H,9-10H2,1-8H3,(H,17,19). The van der Waals surface area contributed by atoms with Crippen molar-refractivity contribution in [3.05, 3.63) is 0 Å². The number of piperazine rings is 1. The van der Waals surface area contributed by atoms with E-state index >= 15 is 0 Å². The Bertz CT molecular complexity index is 416. The molecular weight excluding hydrogens is 268 g/mol. The molecule has 1 rings (SSSR count). The molecule has 0 aromatic heterocycles. The third kappa shape index (κ3) is 4.43. The molecule has 2 amide bonds. The number of carbonyl (C=O) groups is 2. The molecule has 1 aliphatic rings. The molecule has 1 N–H and O–H groups in total. The van der Waals surface area contributed by atoms with Crippen LogP contribution < -0.4 is 5.32 Å². The Morgan fingerprint density at radius 3 is 2.10 bits per heavy atom. The molecule has 0 aromatic carbocycles. The zero-order valence-electron chi connectivity index (χ0n) is 14.7. The average molecular weight is 298 g/mol. The fourth-order valence-corrected chi connectivity index (χ4v) is 2.59. The molecule has 5 nitrogen and oxygen atoms in total. The number of carbonyl (C=O) groups excluding carboxylic acids is 2. The Hall–Kier alpha value is -1.10. The van der Waals surface area contributed by atoms with E-state index < -0.39 is 11.6 Å². The second kappa shape index (κ2) is 5.59. The number of ether oxygens (including phenoxy) is 1. The molecule has 122 valence electrons. The number of nitrogens with zero attached hydrogens (tertiary/aromatic N) is 1. The fraction of sp³-hybridized carbons (Fsp3) is 0.875. The lowest BCUT2D eigenvalue weighted by molar-refractivity contribution is -0.159. The molecule has 0 aromatic rings. The van der Waals surface area contributed by atoms with Crippen LogP contribution in [0.3, 0.4) is 0 Å². The minimum absolute atomic E-state index is 0.0560. The van der Waals surface area contributed by atoms with Crippen LogP contribution in [-0.2, 0) is 14.3 Å². The van der Waals surface area contributed by atoms with Crippen molar-refractivity contribution >= 4 is 11.8 Å². The number of nitrogens with one attached hydrogen (secondary N) is 1. The minimum Gasteiger partial charge on any atom is -0.374 e. The molecule has 0 spiro atoms. The Kier molecular flexibility index (Phi) is 4.78. The van der Waals surface area contributed by atoms with E-state index in [1.165, 1.54) is 0 Å². The number of amides is 2. The summed E-state index contributed by atoms with van der Waals surface area (Å²) in [4.78, 5) is 26.8. The zero-order chi connectivity index (χ0) is 16.6. The van der Waals surface area contributed by atoms with E-state index in [9.17, 15) is 9.59 Å². The van der Waals surface area contributed by atoms with Crippen LogP contribution in [0.1, 0.15) is 55.4 Å². The highest BCUT2D eigenvalue weighted by atomic mass is 16.5. The van der Waals surface area contributed by atoms with E-state index in [2.05, 4.69) is 5.32 Å². The molecule has 1 atom stereocenters. The van der Waals surface area contributed by atoms with Gasteiger partial charge in [-0.1, -0.05) is 20.8 Å². The van der Waals surface area contributed by atoms with Gasteiger partial charge in [0.1, 0.15) is 11.6 Å². The lowest BCUT2D eigenvalue weighted by Gasteiger charge is -2.47. The maximum absolute atomic E-state index is 12.7. The Balaban J connectivity index is 2.95. The van der Waals surface area contributed by atoms with E-state index in [1.54, 1.807) is 18.7 Å². The molecular formula is C16H30N2O3. The van der Waals surface area contributed by atoms with Crippen molar-refractivity contribution in [2.45, 2.75) is 72.6 Å². The first-order valence-corrected chi connectivity index (χ1v) is 7.53. The lowest BCUT2D eigenvalue weighted by Crippen LogP contribution is -2.71. The first kappa shape index (κ1) is 18.0. The average Bonchev–Trinajstić information content (AvgIpc) is 2.20. The number of rotatable bonds is 3. The van der Waals surface area contributed by atoms with Gasteiger partial charge in [-0.25, -0.2) is 0 Å². The van der Waals surface area contributed by atoms with Gasteiger partial charge in [-0.05, 0) is 40.0 Å². The highest BCUT2D eigenvalue weighted by Gasteiger charge is 2.49. The third-order valence-corrected chi connectivity index (χ3v) is 3.48. The van der Waals surface area contributed by atoms with Crippen LogP contribution in [0.4, 0.5) is 0 Å². The van der Waals surface area contributed by atoms with E-state index in [1.807, 2.05) is 41.5 Å². The van der Waals surface area contributed by atoms with Crippen molar-refractivity contribution in [1.82, 2.24) is 10.2 Å². The predicted molar refractivity (Wildman–Crippen MR) is 82.9 cm³/mol. The number of hydrogen-bond donors (Lipinski definition) is 1. The normalized spacial score (nSPS) is 23.2. The van der Waals surface area contributed by atoms with Gasteiger partial charge in [0.05, 0.1) is 12.2 Å². The first-order valence-electron chi connectivity index (χ1n) is 7.53. The molecule has 0 saturated carbocycles. The van der Waals surface area contributed by atoms with Gasteiger partial charge >= 0.3 is 0 Å². The summed E-state index contributed by atoms with van der Waals surface area (Å²) in [6, 6.07) is -0.471. The summed E-state index contributed by atoms with van der Waals surface area (Å²) >= 11 is 0. The van der Waals surface area contributed by atoms with Crippen molar-refractivity contribution < 1.29 is 14.3 Å². The molecule has 0 bridgehead atoms. The van der Waals surface area contributed by atoms with Crippen LogP contribution in [0.15, 0.2) is 0 Å². The number of hydrogen-bond acceptors (Lipinski definition) is 3. The maximum atomic E-state index is 12.7. The Morgan fingerprint density at radius 1 is 1.14 bits per heavy atom.